The number of hydrogen-bond donors (Lipinski definition) is 0. The molecule has 134 valence electrons. The summed E-state index contributed by atoms with van der Waals surface area (Å²) >= 11 is 0. The van der Waals surface area contributed by atoms with E-state index < -0.39 is 17.6 Å². The molecule has 26 heavy (non-hydrogen) atoms. The van der Waals surface area contributed by atoms with E-state index in [2.05, 4.69) is 0 Å². The van der Waals surface area contributed by atoms with Crippen LogP contribution in [0.1, 0.15) is 12.5 Å². The molecule has 0 N–H and O–H groups in total. The molecule has 0 fully saturated rings. The van der Waals surface area contributed by atoms with Gasteiger partial charge in [-0.2, -0.15) is 13.2 Å². The molecular weight excluding hydrogens is 344 g/mol. The van der Waals surface area contributed by atoms with Crippen LogP contribution in [0.25, 0.3) is 21.9 Å². The molecule has 0 radical (unpaired) electrons. The quantitative estimate of drug-likeness (QED) is 0.375. The van der Waals surface area contributed by atoms with Crippen LogP contribution >= 0.6 is 0 Å². The maximum Gasteiger partial charge on any atom is 0.419 e. The number of benzene rings is 3. The first-order valence-electron chi connectivity index (χ1n) is 8.04. The lowest BCUT2D eigenvalue weighted by Crippen LogP contribution is -2.08. The monoisotopic (exact) mass is 360 g/mol. The highest BCUT2D eigenvalue weighted by Crippen LogP contribution is 2.35. The van der Waals surface area contributed by atoms with Crippen LogP contribution in [0.3, 0.4) is 0 Å². The van der Waals surface area contributed by atoms with Gasteiger partial charge in [0.15, 0.2) is 0 Å². The third-order valence-corrected chi connectivity index (χ3v) is 4.03. The van der Waals surface area contributed by atoms with Crippen LogP contribution in [0.15, 0.2) is 66.7 Å². The maximum atomic E-state index is 14.2. The molecule has 0 spiro atoms. The van der Waals surface area contributed by atoms with Crippen molar-refractivity contribution in [1.29, 1.82) is 0 Å². The largest absolute Gasteiger partial charge is 0.490 e. The van der Waals surface area contributed by atoms with E-state index >= 15 is 0 Å². The summed E-state index contributed by atoms with van der Waals surface area (Å²) in [5, 5.41) is 0.372. The smallest absolute Gasteiger partial charge is 0.419 e. The van der Waals surface area contributed by atoms with E-state index in [4.69, 9.17) is 4.74 Å². The molecule has 0 amide bonds. The van der Waals surface area contributed by atoms with Gasteiger partial charge in [0.05, 0.1) is 5.56 Å². The van der Waals surface area contributed by atoms with Crippen molar-refractivity contribution in [2.45, 2.75) is 13.1 Å². The van der Waals surface area contributed by atoms with Crippen molar-refractivity contribution >= 4 is 10.8 Å². The van der Waals surface area contributed by atoms with Crippen LogP contribution in [0.5, 0.6) is 5.75 Å². The summed E-state index contributed by atoms with van der Waals surface area (Å²) in [6, 6.07) is 14.1. The minimum atomic E-state index is -4.71. The lowest BCUT2D eigenvalue weighted by atomic mass is 9.99. The van der Waals surface area contributed by atoms with Crippen LogP contribution in [-0.2, 0) is 6.18 Å². The molecule has 0 atom stereocenters. The van der Waals surface area contributed by atoms with Crippen molar-refractivity contribution < 1.29 is 22.3 Å². The average Bonchev–Trinajstić information content (AvgIpc) is 2.61. The summed E-state index contributed by atoms with van der Waals surface area (Å²) in [7, 11) is 0. The number of ether oxygens (including phenoxy) is 1. The molecule has 0 aromatic heterocycles. The lowest BCUT2D eigenvalue weighted by molar-refractivity contribution is -0.139. The summed E-state index contributed by atoms with van der Waals surface area (Å²) in [5.41, 5.74) is 0.405. The first-order chi connectivity index (χ1) is 12.4. The summed E-state index contributed by atoms with van der Waals surface area (Å²) in [6.45, 7) is 2.39. The highest BCUT2D eigenvalue weighted by Gasteiger charge is 2.34. The second kappa shape index (κ2) is 7.20. The number of alkyl halides is 3. The van der Waals surface area contributed by atoms with E-state index in [1.807, 2.05) is 43.3 Å². The summed E-state index contributed by atoms with van der Waals surface area (Å²) in [5.74, 6) is -0.525. The number of rotatable bonds is 4. The molecule has 5 heteroatoms. The highest BCUT2D eigenvalue weighted by atomic mass is 19.4. The van der Waals surface area contributed by atoms with Gasteiger partial charge in [0.25, 0.3) is 0 Å². The van der Waals surface area contributed by atoms with Gasteiger partial charge in [0.1, 0.15) is 18.2 Å². The molecule has 0 aliphatic rings. The molecule has 3 rings (SSSR count). The Kier molecular flexibility index (Phi) is 4.98. The third-order valence-electron chi connectivity index (χ3n) is 4.03. The van der Waals surface area contributed by atoms with Gasteiger partial charge < -0.3 is 4.74 Å². The molecule has 0 saturated carbocycles. The molecular formula is C21H16F4O. The highest BCUT2D eigenvalue weighted by molar-refractivity contribution is 5.88. The number of fused-ring (bicyclic) bond motifs is 1. The van der Waals surface area contributed by atoms with Gasteiger partial charge in [-0.1, -0.05) is 42.5 Å². The third kappa shape index (κ3) is 3.72. The Labute approximate surface area is 148 Å². The molecule has 0 unspecified atom stereocenters. The average molecular weight is 360 g/mol. The molecule has 0 bridgehead atoms. The van der Waals surface area contributed by atoms with Gasteiger partial charge >= 0.3 is 6.18 Å². The number of halogens is 4. The van der Waals surface area contributed by atoms with Gasteiger partial charge in [-0.15, -0.1) is 0 Å². The fourth-order valence-electron chi connectivity index (χ4n) is 2.67. The summed E-state index contributed by atoms with van der Waals surface area (Å²) < 4.78 is 58.1. The normalized spacial score (nSPS) is 12.0. The summed E-state index contributed by atoms with van der Waals surface area (Å²) in [6.07, 6.45) is -0.923. The Balaban J connectivity index is 1.92. The van der Waals surface area contributed by atoms with Crippen molar-refractivity contribution in [2.75, 3.05) is 6.61 Å². The van der Waals surface area contributed by atoms with Crippen LogP contribution in [-0.4, -0.2) is 6.61 Å². The Hall–Kier alpha value is -2.82. The fraction of sp³-hybridized carbons (Fsp3) is 0.143. The minimum absolute atomic E-state index is 0.0464. The first-order valence-corrected chi connectivity index (χ1v) is 8.04. The van der Waals surface area contributed by atoms with Crippen molar-refractivity contribution in [1.82, 2.24) is 0 Å². The van der Waals surface area contributed by atoms with Crippen LogP contribution in [0.4, 0.5) is 17.6 Å². The van der Waals surface area contributed by atoms with Crippen molar-refractivity contribution in [3.63, 3.8) is 0 Å². The van der Waals surface area contributed by atoms with Gasteiger partial charge in [0, 0.05) is 5.39 Å². The minimum Gasteiger partial charge on any atom is -0.490 e. The van der Waals surface area contributed by atoms with E-state index in [1.165, 1.54) is 12.1 Å². The SMILES string of the molecule is CC=CCOc1ccc(-c2ccc3c(F)c(C(F)(F)F)ccc3c2)cc1. The second-order valence-electron chi connectivity index (χ2n) is 5.77. The number of hydrogen-bond acceptors (Lipinski definition) is 1. The van der Waals surface area contributed by atoms with Crippen molar-refractivity contribution in [3.8, 4) is 16.9 Å². The van der Waals surface area contributed by atoms with E-state index in [9.17, 15) is 17.6 Å². The Morgan fingerprint density at radius 3 is 2.27 bits per heavy atom. The zero-order chi connectivity index (χ0) is 18.7. The van der Waals surface area contributed by atoms with E-state index in [1.54, 1.807) is 12.1 Å². The Morgan fingerprint density at radius 1 is 0.923 bits per heavy atom. The molecule has 0 saturated heterocycles. The van der Waals surface area contributed by atoms with Gasteiger partial charge in [0.2, 0.25) is 0 Å². The molecule has 0 heterocycles. The van der Waals surface area contributed by atoms with E-state index in [0.29, 0.717) is 17.7 Å². The molecule has 0 aliphatic carbocycles. The summed E-state index contributed by atoms with van der Waals surface area (Å²) in [4.78, 5) is 0. The Morgan fingerprint density at radius 2 is 1.62 bits per heavy atom. The standard InChI is InChI=1S/C21H16F4O/c1-2-3-12-26-17-8-4-14(5-9-17)15-6-10-18-16(13-15)7-11-19(20(18)22)21(23,24)25/h2-11,13H,12H2,1H3. The second-order valence-corrected chi connectivity index (χ2v) is 5.77. The van der Waals surface area contributed by atoms with E-state index in [0.717, 1.165) is 17.2 Å². The van der Waals surface area contributed by atoms with Gasteiger partial charge in [-0.05, 0) is 47.7 Å². The predicted octanol–water partition coefficient (Wildman–Crippen LogP) is 6.62. The zero-order valence-electron chi connectivity index (χ0n) is 14.0. The van der Waals surface area contributed by atoms with Crippen molar-refractivity contribution in [3.05, 3.63) is 78.1 Å². The maximum absolute atomic E-state index is 14.2. The first kappa shape index (κ1) is 18.0. The Bertz CT molecular complexity index is 941. The molecule has 1 nitrogen and oxygen atoms in total. The molecule has 3 aromatic carbocycles. The van der Waals surface area contributed by atoms with Crippen LogP contribution in [0.2, 0.25) is 0 Å². The van der Waals surface area contributed by atoms with E-state index in [-0.39, 0.29) is 5.39 Å². The van der Waals surface area contributed by atoms with Crippen molar-refractivity contribution in [2.24, 2.45) is 0 Å². The topological polar surface area (TPSA) is 9.23 Å². The molecule has 0 aliphatic heterocycles. The van der Waals surface area contributed by atoms with Gasteiger partial charge in [-0.25, -0.2) is 4.39 Å². The predicted molar refractivity (Wildman–Crippen MR) is 94.7 cm³/mol. The molecule has 3 aromatic rings. The zero-order valence-corrected chi connectivity index (χ0v) is 14.0. The lowest BCUT2D eigenvalue weighted by Gasteiger charge is -2.11. The van der Waals surface area contributed by atoms with Crippen LogP contribution < -0.4 is 4.74 Å². The van der Waals surface area contributed by atoms with Crippen LogP contribution in [0, 0.1) is 5.82 Å². The number of allylic oxidation sites excluding steroid dienone is 1. The van der Waals surface area contributed by atoms with Gasteiger partial charge in [-0.3, -0.25) is 0 Å². The fourth-order valence-corrected chi connectivity index (χ4v) is 2.67.